The Hall–Kier alpha value is -3.34. The van der Waals surface area contributed by atoms with Crippen LogP contribution in [0.2, 0.25) is 10.0 Å². The molecule has 3 aromatic rings. The van der Waals surface area contributed by atoms with E-state index in [0.717, 1.165) is 29.3 Å². The summed E-state index contributed by atoms with van der Waals surface area (Å²) in [5.74, 6) is -1.10. The topological polar surface area (TPSA) is 96.0 Å². The molecule has 3 aromatic carbocycles. The maximum absolute atomic E-state index is 14.1. The zero-order valence-electron chi connectivity index (χ0n) is 24.4. The van der Waals surface area contributed by atoms with E-state index in [2.05, 4.69) is 5.32 Å². The fourth-order valence-electron chi connectivity index (χ4n) is 4.40. The third kappa shape index (κ3) is 9.08. The minimum absolute atomic E-state index is 0.0745. The second-order valence-corrected chi connectivity index (χ2v) is 12.4. The molecule has 232 valence electrons. The fourth-order valence-corrected chi connectivity index (χ4v) is 6.28. The number of benzene rings is 3. The number of hydrogen-bond acceptors (Lipinski definition) is 5. The van der Waals surface area contributed by atoms with E-state index in [4.69, 9.17) is 27.9 Å². The van der Waals surface area contributed by atoms with Gasteiger partial charge >= 0.3 is 0 Å². The molecule has 8 nitrogen and oxygen atoms in total. The molecule has 0 aliphatic carbocycles. The standard InChI is InChI=1S/C31H36Cl2FN3O5S/c1-4-7-18-35-31(39)29(5-2)36(20-22-8-9-23(32)19-28(22)33)30(38)21-37(25-12-10-24(34)11-13-25)43(40,41)27-16-14-26(15-17-27)42-6-3/h8-17,19,29H,4-7,18,20-21H2,1-3H3,(H,35,39)/t29-/m0/s1. The van der Waals surface area contributed by atoms with Crippen LogP contribution in [0.4, 0.5) is 10.1 Å². The van der Waals surface area contributed by atoms with Crippen molar-refractivity contribution in [1.29, 1.82) is 0 Å². The molecule has 0 saturated carbocycles. The first-order chi connectivity index (χ1) is 20.5. The van der Waals surface area contributed by atoms with Gasteiger partial charge in [-0.05, 0) is 86.0 Å². The third-order valence-corrected chi connectivity index (χ3v) is 9.06. The van der Waals surface area contributed by atoms with Crippen LogP contribution < -0.4 is 14.4 Å². The van der Waals surface area contributed by atoms with E-state index < -0.39 is 34.3 Å². The summed E-state index contributed by atoms with van der Waals surface area (Å²) in [5.41, 5.74) is 0.607. The van der Waals surface area contributed by atoms with Crippen LogP contribution in [0.15, 0.2) is 71.6 Å². The van der Waals surface area contributed by atoms with Gasteiger partial charge in [-0.2, -0.15) is 0 Å². The lowest BCUT2D eigenvalue weighted by Gasteiger charge is -2.33. The Morgan fingerprint density at radius 2 is 1.65 bits per heavy atom. The molecule has 0 fully saturated rings. The summed E-state index contributed by atoms with van der Waals surface area (Å²) in [5, 5.41) is 3.57. The van der Waals surface area contributed by atoms with Crippen LogP contribution in [-0.2, 0) is 26.2 Å². The smallest absolute Gasteiger partial charge is 0.264 e. The van der Waals surface area contributed by atoms with Crippen molar-refractivity contribution < 1.29 is 27.1 Å². The van der Waals surface area contributed by atoms with Crippen LogP contribution >= 0.6 is 23.2 Å². The lowest BCUT2D eigenvalue weighted by molar-refractivity contribution is -0.140. The zero-order valence-corrected chi connectivity index (χ0v) is 26.7. The van der Waals surface area contributed by atoms with E-state index >= 15 is 0 Å². The SMILES string of the molecule is CCCCNC(=O)[C@H](CC)N(Cc1ccc(Cl)cc1Cl)C(=O)CN(c1ccc(F)cc1)S(=O)(=O)c1ccc(OCC)cc1. The number of rotatable bonds is 15. The maximum atomic E-state index is 14.1. The van der Waals surface area contributed by atoms with Crippen LogP contribution in [0.5, 0.6) is 5.75 Å². The van der Waals surface area contributed by atoms with Gasteiger partial charge < -0.3 is 15.0 Å². The maximum Gasteiger partial charge on any atom is 0.264 e. The lowest BCUT2D eigenvalue weighted by atomic mass is 10.1. The molecule has 0 bridgehead atoms. The highest BCUT2D eigenvalue weighted by Crippen LogP contribution is 2.28. The molecule has 0 aromatic heterocycles. The first kappa shape index (κ1) is 34.2. The Morgan fingerprint density at radius 3 is 2.23 bits per heavy atom. The number of sulfonamides is 1. The second kappa shape index (κ2) is 15.9. The summed E-state index contributed by atoms with van der Waals surface area (Å²) in [7, 11) is -4.32. The van der Waals surface area contributed by atoms with Gasteiger partial charge in [-0.25, -0.2) is 12.8 Å². The molecule has 2 amide bonds. The van der Waals surface area contributed by atoms with Gasteiger partial charge in [-0.15, -0.1) is 0 Å². The molecule has 1 atom stereocenters. The number of ether oxygens (including phenoxy) is 1. The molecular weight excluding hydrogens is 616 g/mol. The van der Waals surface area contributed by atoms with Gasteiger partial charge in [0.25, 0.3) is 10.0 Å². The molecule has 0 aliphatic rings. The molecule has 0 unspecified atom stereocenters. The number of anilines is 1. The van der Waals surface area contributed by atoms with Crippen LogP contribution in [-0.4, -0.2) is 50.9 Å². The van der Waals surface area contributed by atoms with E-state index in [1.165, 1.54) is 47.4 Å². The lowest BCUT2D eigenvalue weighted by Crippen LogP contribution is -2.52. The van der Waals surface area contributed by atoms with Crippen molar-refractivity contribution in [2.24, 2.45) is 0 Å². The summed E-state index contributed by atoms with van der Waals surface area (Å²) in [6.45, 7) is 5.67. The summed E-state index contributed by atoms with van der Waals surface area (Å²) in [4.78, 5) is 28.6. The monoisotopic (exact) mass is 651 g/mol. The Bertz CT molecular complexity index is 1490. The van der Waals surface area contributed by atoms with Crippen LogP contribution in [0.3, 0.4) is 0 Å². The molecular formula is C31H36Cl2FN3O5S. The molecule has 1 N–H and O–H groups in total. The van der Waals surface area contributed by atoms with Gasteiger partial charge in [0.2, 0.25) is 11.8 Å². The normalized spacial score (nSPS) is 12.0. The average molecular weight is 653 g/mol. The van der Waals surface area contributed by atoms with Crippen LogP contribution in [0.25, 0.3) is 0 Å². The van der Waals surface area contributed by atoms with E-state index in [-0.39, 0.29) is 29.5 Å². The van der Waals surface area contributed by atoms with Crippen LogP contribution in [0.1, 0.15) is 45.6 Å². The molecule has 0 aliphatic heterocycles. The molecule has 3 rings (SSSR count). The van der Waals surface area contributed by atoms with Crippen molar-refractivity contribution in [3.05, 3.63) is 88.2 Å². The quantitative estimate of drug-likeness (QED) is 0.191. The second-order valence-electron chi connectivity index (χ2n) is 9.72. The summed E-state index contributed by atoms with van der Waals surface area (Å²) < 4.78 is 48.1. The third-order valence-electron chi connectivity index (χ3n) is 6.69. The van der Waals surface area contributed by atoms with Crippen molar-refractivity contribution in [1.82, 2.24) is 10.2 Å². The Balaban J connectivity index is 2.05. The largest absolute Gasteiger partial charge is 0.494 e. The van der Waals surface area contributed by atoms with Gasteiger partial charge in [-0.3, -0.25) is 13.9 Å². The molecule has 0 spiro atoms. The Morgan fingerprint density at radius 1 is 0.977 bits per heavy atom. The van der Waals surface area contributed by atoms with E-state index in [1.54, 1.807) is 19.1 Å². The van der Waals surface area contributed by atoms with Crippen molar-refractivity contribution >= 4 is 50.7 Å². The molecule has 0 heterocycles. The highest BCUT2D eigenvalue weighted by molar-refractivity contribution is 7.92. The van der Waals surface area contributed by atoms with Gasteiger partial charge in [0.1, 0.15) is 24.2 Å². The molecule has 0 radical (unpaired) electrons. The zero-order chi connectivity index (χ0) is 31.6. The average Bonchev–Trinajstić information content (AvgIpc) is 2.98. The minimum atomic E-state index is -4.32. The summed E-state index contributed by atoms with van der Waals surface area (Å²) in [6, 6.07) is 14.5. The van der Waals surface area contributed by atoms with Gasteiger partial charge in [0.15, 0.2) is 0 Å². The number of nitrogens with one attached hydrogen (secondary N) is 1. The summed E-state index contributed by atoms with van der Waals surface area (Å²) in [6.07, 6.45) is 1.89. The first-order valence-corrected chi connectivity index (χ1v) is 16.2. The highest BCUT2D eigenvalue weighted by atomic mass is 35.5. The van der Waals surface area contributed by atoms with E-state index in [1.807, 2.05) is 13.8 Å². The number of amides is 2. The number of carbonyl (C=O) groups is 2. The van der Waals surface area contributed by atoms with Crippen molar-refractivity contribution in [3.63, 3.8) is 0 Å². The first-order valence-electron chi connectivity index (χ1n) is 14.0. The van der Waals surface area contributed by atoms with Gasteiger partial charge in [0.05, 0.1) is 17.2 Å². The minimum Gasteiger partial charge on any atom is -0.494 e. The molecule has 0 saturated heterocycles. The van der Waals surface area contributed by atoms with Gasteiger partial charge in [-0.1, -0.05) is 49.5 Å². The number of nitrogens with zero attached hydrogens (tertiary/aromatic N) is 2. The number of halogens is 3. The predicted molar refractivity (Wildman–Crippen MR) is 168 cm³/mol. The van der Waals surface area contributed by atoms with Gasteiger partial charge in [0, 0.05) is 23.1 Å². The highest BCUT2D eigenvalue weighted by Gasteiger charge is 2.34. The predicted octanol–water partition coefficient (Wildman–Crippen LogP) is 6.45. The van der Waals surface area contributed by atoms with Crippen molar-refractivity contribution in [2.75, 3.05) is 24.0 Å². The Labute approximate surface area is 262 Å². The summed E-state index contributed by atoms with van der Waals surface area (Å²) >= 11 is 12.5. The van der Waals surface area contributed by atoms with E-state index in [0.29, 0.717) is 34.5 Å². The molecule has 12 heteroatoms. The van der Waals surface area contributed by atoms with E-state index in [9.17, 15) is 22.4 Å². The Kier molecular flexibility index (Phi) is 12.7. The number of carbonyl (C=O) groups excluding carboxylic acids is 2. The van der Waals surface area contributed by atoms with Crippen molar-refractivity contribution in [3.8, 4) is 5.75 Å². The fraction of sp³-hybridized carbons (Fsp3) is 0.355. The number of unbranched alkanes of at least 4 members (excludes halogenated alkanes) is 1. The van der Waals surface area contributed by atoms with Crippen LogP contribution in [0, 0.1) is 5.82 Å². The molecule has 43 heavy (non-hydrogen) atoms. The van der Waals surface area contributed by atoms with Crippen molar-refractivity contribution in [2.45, 2.75) is 57.5 Å². The number of hydrogen-bond donors (Lipinski definition) is 1.